The highest BCUT2D eigenvalue weighted by Crippen LogP contribution is 2.40. The third kappa shape index (κ3) is 7.13. The van der Waals surface area contributed by atoms with Gasteiger partial charge in [0.1, 0.15) is 5.75 Å². The lowest BCUT2D eigenvalue weighted by Gasteiger charge is -2.29. The summed E-state index contributed by atoms with van der Waals surface area (Å²) in [7, 11) is 1.48. The maximum Gasteiger partial charge on any atom is 0.573 e. The SMILES string of the molecule is COCCSN(C(=O)N1CC(C)(c2ccccc2)C(c2ccc(C(F)(F)F)c(Cl)c2)=N1)c1ccc(OC(F)(F)F)cc1. The minimum Gasteiger partial charge on any atom is -0.406 e. The zero-order valence-corrected chi connectivity index (χ0v) is 23.7. The summed E-state index contributed by atoms with van der Waals surface area (Å²) < 4.78 is 88.3. The molecule has 1 aliphatic rings. The second-order valence-corrected chi connectivity index (χ2v) is 10.8. The van der Waals surface area contributed by atoms with Crippen molar-refractivity contribution >= 4 is 41.0 Å². The van der Waals surface area contributed by atoms with Crippen LogP contribution in [-0.4, -0.2) is 49.1 Å². The van der Waals surface area contributed by atoms with Crippen molar-refractivity contribution in [1.29, 1.82) is 0 Å². The number of rotatable bonds is 8. The summed E-state index contributed by atoms with van der Waals surface area (Å²) in [4.78, 5) is 13.9. The molecule has 0 saturated carbocycles. The lowest BCUT2D eigenvalue weighted by molar-refractivity contribution is -0.274. The van der Waals surface area contributed by atoms with Crippen LogP contribution in [0.4, 0.5) is 36.8 Å². The summed E-state index contributed by atoms with van der Waals surface area (Å²) in [5, 5.41) is 5.22. The Morgan fingerprint density at radius 3 is 2.29 bits per heavy atom. The topological polar surface area (TPSA) is 54.4 Å². The lowest BCUT2D eigenvalue weighted by Crippen LogP contribution is -2.41. The smallest absolute Gasteiger partial charge is 0.406 e. The van der Waals surface area contributed by atoms with E-state index in [0.717, 1.165) is 35.7 Å². The lowest BCUT2D eigenvalue weighted by atomic mass is 9.76. The van der Waals surface area contributed by atoms with Gasteiger partial charge in [0.05, 0.1) is 40.6 Å². The van der Waals surface area contributed by atoms with Crippen molar-refractivity contribution in [2.75, 3.05) is 30.3 Å². The van der Waals surface area contributed by atoms with Gasteiger partial charge in [-0.25, -0.2) is 14.1 Å². The van der Waals surface area contributed by atoms with E-state index in [4.69, 9.17) is 16.3 Å². The number of hydrogen-bond acceptors (Lipinski definition) is 5. The highest BCUT2D eigenvalue weighted by Gasteiger charge is 2.44. The van der Waals surface area contributed by atoms with Gasteiger partial charge in [-0.2, -0.15) is 18.3 Å². The first-order chi connectivity index (χ1) is 19.7. The number of nitrogens with zero attached hydrogens (tertiary/aromatic N) is 3. The van der Waals surface area contributed by atoms with E-state index in [-0.39, 0.29) is 18.8 Å². The molecule has 0 fully saturated rings. The largest absolute Gasteiger partial charge is 0.573 e. The van der Waals surface area contributed by atoms with E-state index in [9.17, 15) is 31.1 Å². The Morgan fingerprint density at radius 1 is 1.05 bits per heavy atom. The average molecular weight is 632 g/mol. The number of carbonyl (C=O) groups excluding carboxylic acids is 1. The molecule has 4 rings (SSSR count). The van der Waals surface area contributed by atoms with Gasteiger partial charge in [0.2, 0.25) is 0 Å². The van der Waals surface area contributed by atoms with Gasteiger partial charge in [0.15, 0.2) is 0 Å². The minimum absolute atomic E-state index is 0.0143. The van der Waals surface area contributed by atoms with E-state index >= 15 is 0 Å². The molecule has 14 heteroatoms. The van der Waals surface area contributed by atoms with E-state index in [0.29, 0.717) is 17.0 Å². The summed E-state index contributed by atoms with van der Waals surface area (Å²) in [5.41, 5.74) is -0.344. The van der Waals surface area contributed by atoms with Crippen molar-refractivity contribution in [3.05, 3.63) is 94.5 Å². The fourth-order valence-electron chi connectivity index (χ4n) is 4.39. The Hall–Kier alpha value is -3.42. The molecule has 1 atom stereocenters. The summed E-state index contributed by atoms with van der Waals surface area (Å²) in [6, 6.07) is 16.4. The molecule has 0 aliphatic carbocycles. The molecule has 1 aliphatic heterocycles. The molecule has 3 aromatic rings. The Kier molecular flexibility index (Phi) is 9.33. The molecule has 0 bridgehead atoms. The van der Waals surface area contributed by atoms with E-state index in [1.54, 1.807) is 18.2 Å². The number of anilines is 1. The van der Waals surface area contributed by atoms with E-state index in [1.165, 1.54) is 40.7 Å². The average Bonchev–Trinajstić information content (AvgIpc) is 3.29. The number of halogens is 7. The maximum absolute atomic E-state index is 13.9. The van der Waals surface area contributed by atoms with Crippen LogP contribution >= 0.6 is 23.5 Å². The van der Waals surface area contributed by atoms with Gasteiger partial charge < -0.3 is 9.47 Å². The van der Waals surface area contributed by atoms with Gasteiger partial charge in [-0.3, -0.25) is 0 Å². The quantitative estimate of drug-likeness (QED) is 0.143. The molecule has 6 nitrogen and oxygen atoms in total. The number of benzene rings is 3. The van der Waals surface area contributed by atoms with Crippen LogP contribution in [0.25, 0.3) is 0 Å². The Balaban J connectivity index is 1.73. The van der Waals surface area contributed by atoms with Gasteiger partial charge in [-0.15, -0.1) is 13.2 Å². The highest BCUT2D eigenvalue weighted by molar-refractivity contribution is 8.01. The Morgan fingerprint density at radius 2 is 1.71 bits per heavy atom. The number of carbonyl (C=O) groups is 1. The fraction of sp³-hybridized carbons (Fsp3) is 0.286. The predicted octanol–water partition coefficient (Wildman–Crippen LogP) is 8.16. The van der Waals surface area contributed by atoms with Crippen molar-refractivity contribution in [3.63, 3.8) is 0 Å². The zero-order chi connectivity index (χ0) is 30.7. The maximum atomic E-state index is 13.9. The molecular weight excluding hydrogens is 608 g/mol. The van der Waals surface area contributed by atoms with Crippen molar-refractivity contribution in [1.82, 2.24) is 5.01 Å². The normalized spacial score (nSPS) is 17.3. The third-order valence-corrected chi connectivity index (χ3v) is 7.66. The number of alkyl halides is 6. The summed E-state index contributed by atoms with van der Waals surface area (Å²) >= 11 is 7.08. The molecular formula is C28H24ClF6N3O3S. The molecule has 42 heavy (non-hydrogen) atoms. The van der Waals surface area contributed by atoms with E-state index < -0.39 is 40.3 Å². The molecule has 1 heterocycles. The molecule has 3 aromatic carbocycles. The molecule has 0 aromatic heterocycles. The first-order valence-electron chi connectivity index (χ1n) is 12.3. The first-order valence-corrected chi connectivity index (χ1v) is 13.7. The van der Waals surface area contributed by atoms with Crippen LogP contribution in [0.1, 0.15) is 23.6 Å². The molecule has 224 valence electrons. The summed E-state index contributed by atoms with van der Waals surface area (Å²) in [5.74, 6) is -0.143. The highest BCUT2D eigenvalue weighted by atomic mass is 35.5. The molecule has 2 amide bonds. The first kappa shape index (κ1) is 31.5. The van der Waals surface area contributed by atoms with Crippen LogP contribution in [0, 0.1) is 0 Å². The van der Waals surface area contributed by atoms with Crippen LogP contribution in [0.2, 0.25) is 5.02 Å². The van der Waals surface area contributed by atoms with Crippen LogP contribution < -0.4 is 9.04 Å². The van der Waals surface area contributed by atoms with Gasteiger partial charge in [-0.05, 0) is 60.8 Å². The fourth-order valence-corrected chi connectivity index (χ4v) is 5.58. The van der Waals surface area contributed by atoms with Crippen molar-refractivity contribution in [2.24, 2.45) is 5.10 Å². The molecule has 0 saturated heterocycles. The minimum atomic E-state index is -4.88. The van der Waals surface area contributed by atoms with Gasteiger partial charge in [0, 0.05) is 18.4 Å². The van der Waals surface area contributed by atoms with Crippen LogP contribution in [0.5, 0.6) is 5.75 Å². The summed E-state index contributed by atoms with van der Waals surface area (Å²) in [6.45, 7) is 2.09. The van der Waals surface area contributed by atoms with Crippen molar-refractivity contribution in [2.45, 2.75) is 24.9 Å². The molecule has 0 spiro atoms. The van der Waals surface area contributed by atoms with Gasteiger partial charge in [-0.1, -0.05) is 48.0 Å². The number of hydrogen-bond donors (Lipinski definition) is 0. The van der Waals surface area contributed by atoms with Gasteiger partial charge >= 0.3 is 18.6 Å². The monoisotopic (exact) mass is 631 g/mol. The number of methoxy groups -OCH3 is 1. The number of hydrazone groups is 1. The summed E-state index contributed by atoms with van der Waals surface area (Å²) in [6.07, 6.45) is -9.54. The van der Waals surface area contributed by atoms with Crippen LogP contribution in [-0.2, 0) is 16.3 Å². The Bertz CT molecular complexity index is 1440. The van der Waals surface area contributed by atoms with Gasteiger partial charge in [0.25, 0.3) is 0 Å². The molecule has 0 N–H and O–H groups in total. The number of ether oxygens (including phenoxy) is 2. The van der Waals surface area contributed by atoms with E-state index in [2.05, 4.69) is 9.84 Å². The van der Waals surface area contributed by atoms with E-state index in [1.807, 2.05) is 19.1 Å². The second kappa shape index (κ2) is 12.4. The number of urea groups is 1. The standard InChI is InChI=1S/C28H24ClF6N3O3S/c1-26(19-6-4-3-5-7-19)17-37(36-24(26)18-8-13-22(23(29)16-18)27(30,31)32)25(39)38(42-15-14-40-2)20-9-11-21(12-10-20)41-28(33,34)35/h3-13,16H,14-15,17H2,1-2H3. The molecule has 1 unspecified atom stereocenters. The molecule has 0 radical (unpaired) electrons. The van der Waals surface area contributed by atoms with Crippen LogP contribution in [0.15, 0.2) is 77.9 Å². The predicted molar refractivity (Wildman–Crippen MR) is 149 cm³/mol. The van der Waals surface area contributed by atoms with Crippen molar-refractivity contribution < 1.29 is 40.6 Å². The zero-order valence-electron chi connectivity index (χ0n) is 22.2. The second-order valence-electron chi connectivity index (χ2n) is 9.34. The Labute approximate surface area is 247 Å². The third-order valence-electron chi connectivity index (χ3n) is 6.38. The van der Waals surface area contributed by atoms with Crippen molar-refractivity contribution in [3.8, 4) is 5.75 Å². The van der Waals surface area contributed by atoms with Crippen LogP contribution in [0.3, 0.4) is 0 Å². The number of amides is 2.